The number of rotatable bonds is 6. The fraction of sp³-hybridized carbons (Fsp3) is 0.353. The number of aryl methyl sites for hydroxylation is 2. The maximum Gasteiger partial charge on any atom is 0.134 e. The van der Waals surface area contributed by atoms with Gasteiger partial charge in [0.1, 0.15) is 11.3 Å². The van der Waals surface area contributed by atoms with Crippen LogP contribution in [0.1, 0.15) is 23.9 Å². The lowest BCUT2D eigenvalue weighted by Gasteiger charge is -2.06. The molecule has 3 rings (SSSR count). The Kier molecular flexibility index (Phi) is 4.06. The molecule has 0 unspecified atom stereocenters. The number of para-hydroxylation sites is 1. The van der Waals surface area contributed by atoms with Gasteiger partial charge in [-0.3, -0.25) is 4.68 Å². The van der Waals surface area contributed by atoms with Crippen LogP contribution < -0.4 is 5.32 Å². The number of nitrogens with zero attached hydrogens (tertiary/aromatic N) is 2. The van der Waals surface area contributed by atoms with Crippen molar-refractivity contribution >= 4 is 11.0 Å². The molecule has 1 N–H and O–H groups in total. The molecular weight excluding hydrogens is 262 g/mol. The van der Waals surface area contributed by atoms with Crippen LogP contribution in [0.2, 0.25) is 0 Å². The van der Waals surface area contributed by atoms with E-state index in [1.54, 1.807) is 0 Å². The van der Waals surface area contributed by atoms with Gasteiger partial charge in [-0.2, -0.15) is 5.10 Å². The van der Waals surface area contributed by atoms with E-state index in [0.29, 0.717) is 0 Å². The highest BCUT2D eigenvalue weighted by Gasteiger charge is 2.11. The summed E-state index contributed by atoms with van der Waals surface area (Å²) in [7, 11) is 1.98. The largest absolute Gasteiger partial charge is 0.461 e. The number of hydrogen-bond acceptors (Lipinski definition) is 3. The van der Waals surface area contributed by atoms with Crippen molar-refractivity contribution in [1.82, 2.24) is 15.1 Å². The summed E-state index contributed by atoms with van der Waals surface area (Å²) < 4.78 is 7.84. The van der Waals surface area contributed by atoms with E-state index in [0.717, 1.165) is 37.3 Å². The first-order valence-corrected chi connectivity index (χ1v) is 7.46. The van der Waals surface area contributed by atoms with Crippen LogP contribution >= 0.6 is 0 Å². The van der Waals surface area contributed by atoms with Crippen molar-refractivity contribution < 1.29 is 4.42 Å². The second kappa shape index (κ2) is 6.14. The lowest BCUT2D eigenvalue weighted by molar-refractivity contribution is 0.543. The van der Waals surface area contributed by atoms with Crippen molar-refractivity contribution in [2.24, 2.45) is 7.05 Å². The van der Waals surface area contributed by atoms with Crippen LogP contribution in [0.15, 0.2) is 40.9 Å². The minimum absolute atomic E-state index is 0.845. The maximum atomic E-state index is 5.92. The molecule has 0 aliphatic rings. The van der Waals surface area contributed by atoms with Crippen LogP contribution in [0, 0.1) is 0 Å². The summed E-state index contributed by atoms with van der Waals surface area (Å²) in [5.41, 5.74) is 3.52. The van der Waals surface area contributed by atoms with Crippen LogP contribution in [0.25, 0.3) is 11.0 Å². The van der Waals surface area contributed by atoms with Gasteiger partial charge in [0, 0.05) is 55.8 Å². The number of furan rings is 1. The molecule has 4 nitrogen and oxygen atoms in total. The lowest BCUT2D eigenvalue weighted by atomic mass is 10.1. The number of nitrogens with one attached hydrogen (secondary N) is 1. The zero-order valence-electron chi connectivity index (χ0n) is 12.6. The van der Waals surface area contributed by atoms with Crippen molar-refractivity contribution in [3.8, 4) is 0 Å². The molecule has 0 atom stereocenters. The minimum atomic E-state index is 0.845. The molecule has 110 valence electrons. The number of fused-ring (bicyclic) bond motifs is 1. The quantitative estimate of drug-likeness (QED) is 0.707. The van der Waals surface area contributed by atoms with Gasteiger partial charge in [0.15, 0.2) is 0 Å². The van der Waals surface area contributed by atoms with E-state index in [1.807, 2.05) is 30.1 Å². The van der Waals surface area contributed by atoms with Crippen molar-refractivity contribution in [2.75, 3.05) is 6.54 Å². The molecule has 2 heterocycles. The molecule has 0 amide bonds. The number of hydrogen-bond donors (Lipinski definition) is 1. The smallest absolute Gasteiger partial charge is 0.134 e. The van der Waals surface area contributed by atoms with Gasteiger partial charge in [-0.15, -0.1) is 0 Å². The summed E-state index contributed by atoms with van der Waals surface area (Å²) in [5, 5.41) is 8.93. The molecule has 0 bridgehead atoms. The summed E-state index contributed by atoms with van der Waals surface area (Å²) >= 11 is 0. The average Bonchev–Trinajstić information content (AvgIpc) is 3.07. The Labute approximate surface area is 124 Å². The Bertz CT molecular complexity index is 727. The molecule has 0 radical (unpaired) electrons. The molecule has 0 aliphatic heterocycles. The average molecular weight is 283 g/mol. The summed E-state index contributed by atoms with van der Waals surface area (Å²) in [6.07, 6.45) is 3.75. The van der Waals surface area contributed by atoms with E-state index in [-0.39, 0.29) is 0 Å². The van der Waals surface area contributed by atoms with E-state index >= 15 is 0 Å². The molecule has 21 heavy (non-hydrogen) atoms. The molecule has 0 aliphatic carbocycles. The van der Waals surface area contributed by atoms with E-state index in [1.165, 1.54) is 16.6 Å². The standard InChI is InChI=1S/C17H21N3O/c1-3-16-15(14-6-4-5-7-17(14)21-16)12-18-10-8-13-9-11-19-20(13)2/h4-7,9,11,18H,3,8,10,12H2,1-2H3. The van der Waals surface area contributed by atoms with Gasteiger partial charge in [-0.05, 0) is 12.1 Å². The Morgan fingerprint density at radius 2 is 2.10 bits per heavy atom. The topological polar surface area (TPSA) is 43.0 Å². The molecule has 4 heteroatoms. The first-order valence-electron chi connectivity index (χ1n) is 7.46. The van der Waals surface area contributed by atoms with E-state index in [4.69, 9.17) is 4.42 Å². The highest BCUT2D eigenvalue weighted by atomic mass is 16.3. The first kappa shape index (κ1) is 13.9. The fourth-order valence-electron chi connectivity index (χ4n) is 2.71. The van der Waals surface area contributed by atoms with Crippen LogP contribution in [-0.2, 0) is 26.4 Å². The van der Waals surface area contributed by atoms with Gasteiger partial charge in [0.25, 0.3) is 0 Å². The summed E-state index contributed by atoms with van der Waals surface area (Å²) in [4.78, 5) is 0. The van der Waals surface area contributed by atoms with E-state index in [9.17, 15) is 0 Å². The molecule has 0 saturated carbocycles. The second-order valence-corrected chi connectivity index (χ2v) is 5.23. The summed E-state index contributed by atoms with van der Waals surface area (Å²) in [6.45, 7) is 3.91. The minimum Gasteiger partial charge on any atom is -0.461 e. The Morgan fingerprint density at radius 1 is 1.24 bits per heavy atom. The molecule has 3 aromatic rings. The van der Waals surface area contributed by atoms with E-state index in [2.05, 4.69) is 35.5 Å². The normalized spacial score (nSPS) is 11.3. The van der Waals surface area contributed by atoms with Crippen LogP contribution in [0.4, 0.5) is 0 Å². The van der Waals surface area contributed by atoms with Gasteiger partial charge in [0.05, 0.1) is 0 Å². The monoisotopic (exact) mass is 283 g/mol. The second-order valence-electron chi connectivity index (χ2n) is 5.23. The van der Waals surface area contributed by atoms with Crippen molar-refractivity contribution in [3.63, 3.8) is 0 Å². The fourth-order valence-corrected chi connectivity index (χ4v) is 2.71. The Morgan fingerprint density at radius 3 is 2.86 bits per heavy atom. The third kappa shape index (κ3) is 2.85. The highest BCUT2D eigenvalue weighted by Crippen LogP contribution is 2.26. The number of benzene rings is 1. The number of aromatic nitrogens is 2. The first-order chi connectivity index (χ1) is 10.3. The predicted molar refractivity (Wildman–Crippen MR) is 84.2 cm³/mol. The molecule has 2 aromatic heterocycles. The van der Waals surface area contributed by atoms with Gasteiger partial charge < -0.3 is 9.73 Å². The van der Waals surface area contributed by atoms with Crippen molar-refractivity contribution in [3.05, 3.63) is 53.5 Å². The van der Waals surface area contributed by atoms with Crippen LogP contribution in [-0.4, -0.2) is 16.3 Å². The SMILES string of the molecule is CCc1oc2ccccc2c1CNCCc1ccnn1C. The molecule has 0 saturated heterocycles. The third-order valence-electron chi connectivity index (χ3n) is 3.89. The molecule has 0 spiro atoms. The Hall–Kier alpha value is -2.07. The van der Waals surface area contributed by atoms with Crippen LogP contribution in [0.5, 0.6) is 0 Å². The van der Waals surface area contributed by atoms with E-state index < -0.39 is 0 Å². The zero-order chi connectivity index (χ0) is 14.7. The third-order valence-corrected chi connectivity index (χ3v) is 3.89. The highest BCUT2D eigenvalue weighted by molar-refractivity contribution is 5.82. The van der Waals surface area contributed by atoms with Crippen molar-refractivity contribution in [1.29, 1.82) is 0 Å². The summed E-state index contributed by atoms with van der Waals surface area (Å²) in [5.74, 6) is 1.09. The zero-order valence-corrected chi connectivity index (χ0v) is 12.6. The van der Waals surface area contributed by atoms with Gasteiger partial charge >= 0.3 is 0 Å². The van der Waals surface area contributed by atoms with Gasteiger partial charge in [-0.25, -0.2) is 0 Å². The Balaban J connectivity index is 1.66. The van der Waals surface area contributed by atoms with Crippen LogP contribution in [0.3, 0.4) is 0 Å². The maximum absolute atomic E-state index is 5.92. The molecule has 1 aromatic carbocycles. The molecular formula is C17H21N3O. The molecule has 0 fully saturated rings. The lowest BCUT2D eigenvalue weighted by Crippen LogP contribution is -2.18. The van der Waals surface area contributed by atoms with Gasteiger partial charge in [-0.1, -0.05) is 25.1 Å². The van der Waals surface area contributed by atoms with Crippen molar-refractivity contribution in [2.45, 2.75) is 26.3 Å². The van der Waals surface area contributed by atoms with Gasteiger partial charge in [0.2, 0.25) is 0 Å². The predicted octanol–water partition coefficient (Wildman–Crippen LogP) is 3.06. The summed E-state index contributed by atoms with van der Waals surface area (Å²) in [6, 6.07) is 10.3.